The summed E-state index contributed by atoms with van der Waals surface area (Å²) in [7, 11) is 0. The Hall–Kier alpha value is -2.15. The minimum absolute atomic E-state index is 0.0756. The third-order valence-electron chi connectivity index (χ3n) is 2.50. The first-order valence-electron chi connectivity index (χ1n) is 6.06. The first-order chi connectivity index (χ1) is 9.70. The van der Waals surface area contributed by atoms with Crippen LogP contribution in [-0.2, 0) is 4.79 Å². The van der Waals surface area contributed by atoms with E-state index in [0.717, 1.165) is 5.69 Å². The second-order valence-corrected chi connectivity index (χ2v) is 5.03. The van der Waals surface area contributed by atoms with Crippen molar-refractivity contribution in [3.63, 3.8) is 0 Å². The maximum Gasteiger partial charge on any atom is 0.230 e. The molecule has 2 rings (SSSR count). The van der Waals surface area contributed by atoms with Gasteiger partial charge in [0.05, 0.1) is 11.4 Å². The molecule has 0 unspecified atom stereocenters. The maximum absolute atomic E-state index is 11.5. The molecule has 2 aromatic rings. The van der Waals surface area contributed by atoms with Gasteiger partial charge in [-0.25, -0.2) is 0 Å². The van der Waals surface area contributed by atoms with Gasteiger partial charge in [-0.15, -0.1) is 11.7 Å². The molecule has 7 heteroatoms. The zero-order valence-electron chi connectivity index (χ0n) is 11.1. The van der Waals surface area contributed by atoms with Crippen molar-refractivity contribution in [2.45, 2.75) is 12.1 Å². The number of aryl methyl sites for hydroxylation is 1. The summed E-state index contributed by atoms with van der Waals surface area (Å²) in [6, 6.07) is 7.85. The molecular formula is C13H15N5OS. The number of aromatic nitrogens is 4. The predicted molar refractivity (Wildman–Crippen MR) is 77.8 cm³/mol. The van der Waals surface area contributed by atoms with Gasteiger partial charge in [0, 0.05) is 6.54 Å². The normalized spacial score (nSPS) is 10.2. The third kappa shape index (κ3) is 3.67. The first-order valence-corrected chi connectivity index (χ1v) is 7.05. The molecule has 0 saturated heterocycles. The van der Waals surface area contributed by atoms with E-state index in [9.17, 15) is 4.79 Å². The molecule has 0 bridgehead atoms. The van der Waals surface area contributed by atoms with Crippen LogP contribution in [0.25, 0.3) is 5.69 Å². The lowest BCUT2D eigenvalue weighted by Crippen LogP contribution is -2.25. The molecule has 1 heterocycles. The van der Waals surface area contributed by atoms with Crippen molar-refractivity contribution in [3.8, 4) is 5.69 Å². The van der Waals surface area contributed by atoms with Crippen LogP contribution in [0, 0.1) is 6.92 Å². The van der Waals surface area contributed by atoms with Crippen LogP contribution in [0.15, 0.2) is 42.1 Å². The van der Waals surface area contributed by atoms with Crippen LogP contribution < -0.4 is 5.32 Å². The average molecular weight is 289 g/mol. The van der Waals surface area contributed by atoms with E-state index in [4.69, 9.17) is 0 Å². The fourth-order valence-electron chi connectivity index (χ4n) is 1.48. The van der Waals surface area contributed by atoms with E-state index in [1.807, 2.05) is 31.2 Å². The molecule has 1 N–H and O–H groups in total. The highest BCUT2D eigenvalue weighted by molar-refractivity contribution is 7.99. The van der Waals surface area contributed by atoms with E-state index < -0.39 is 0 Å². The first kappa shape index (κ1) is 14.3. The van der Waals surface area contributed by atoms with E-state index in [1.165, 1.54) is 17.3 Å². The molecule has 0 aliphatic heterocycles. The molecule has 0 fully saturated rings. The number of carbonyl (C=O) groups excluding carboxylic acids is 1. The summed E-state index contributed by atoms with van der Waals surface area (Å²) in [5.74, 6) is 0.188. The Bertz CT molecular complexity index is 593. The number of rotatable bonds is 6. The van der Waals surface area contributed by atoms with Gasteiger partial charge in [-0.05, 0) is 29.5 Å². The van der Waals surface area contributed by atoms with E-state index in [1.54, 1.807) is 10.8 Å². The van der Waals surface area contributed by atoms with Crippen molar-refractivity contribution < 1.29 is 4.79 Å². The summed E-state index contributed by atoms with van der Waals surface area (Å²) < 4.78 is 1.62. The summed E-state index contributed by atoms with van der Waals surface area (Å²) in [6.07, 6.45) is 1.64. The second-order valence-electron chi connectivity index (χ2n) is 4.09. The molecule has 1 aromatic heterocycles. The minimum atomic E-state index is -0.0756. The number of nitrogens with one attached hydrogen (secondary N) is 1. The Kier molecular flexibility index (Phi) is 4.89. The highest BCUT2D eigenvalue weighted by atomic mass is 32.2. The van der Waals surface area contributed by atoms with E-state index in [0.29, 0.717) is 11.7 Å². The van der Waals surface area contributed by atoms with Gasteiger partial charge in [0.1, 0.15) is 0 Å². The van der Waals surface area contributed by atoms with Gasteiger partial charge in [0.15, 0.2) is 0 Å². The van der Waals surface area contributed by atoms with Gasteiger partial charge in [0.2, 0.25) is 11.1 Å². The van der Waals surface area contributed by atoms with E-state index in [2.05, 4.69) is 27.4 Å². The van der Waals surface area contributed by atoms with Crippen molar-refractivity contribution in [1.82, 2.24) is 25.5 Å². The highest BCUT2D eigenvalue weighted by Gasteiger charge is 2.10. The molecule has 0 saturated carbocycles. The van der Waals surface area contributed by atoms with Gasteiger partial charge < -0.3 is 5.32 Å². The van der Waals surface area contributed by atoms with Gasteiger partial charge in [-0.3, -0.25) is 4.79 Å². The number of thioether (sulfide) groups is 1. The Morgan fingerprint density at radius 3 is 2.90 bits per heavy atom. The topological polar surface area (TPSA) is 72.7 Å². The van der Waals surface area contributed by atoms with Crippen molar-refractivity contribution >= 4 is 17.7 Å². The minimum Gasteiger partial charge on any atom is -0.352 e. The lowest BCUT2D eigenvalue weighted by molar-refractivity contribution is -0.118. The van der Waals surface area contributed by atoms with Crippen molar-refractivity contribution in [3.05, 3.63) is 42.5 Å². The Morgan fingerprint density at radius 1 is 1.45 bits per heavy atom. The molecule has 1 amide bonds. The predicted octanol–water partition coefficient (Wildman–Crippen LogP) is 1.37. The molecular weight excluding hydrogens is 274 g/mol. The lowest BCUT2D eigenvalue weighted by Gasteiger charge is -2.04. The van der Waals surface area contributed by atoms with Crippen molar-refractivity contribution in [2.24, 2.45) is 0 Å². The summed E-state index contributed by atoms with van der Waals surface area (Å²) in [5.41, 5.74) is 2.04. The fraction of sp³-hybridized carbons (Fsp3) is 0.231. The summed E-state index contributed by atoms with van der Waals surface area (Å²) >= 11 is 1.29. The summed E-state index contributed by atoms with van der Waals surface area (Å²) in [4.78, 5) is 11.5. The largest absolute Gasteiger partial charge is 0.352 e. The molecule has 20 heavy (non-hydrogen) atoms. The average Bonchev–Trinajstić information content (AvgIpc) is 2.92. The Morgan fingerprint density at radius 2 is 2.20 bits per heavy atom. The SMILES string of the molecule is C=CCNC(=O)CSc1nnnn1-c1ccc(C)cc1. The van der Waals surface area contributed by atoms with E-state index in [-0.39, 0.29) is 11.7 Å². The molecule has 0 spiro atoms. The number of hydrogen-bond donors (Lipinski definition) is 1. The molecule has 0 aliphatic carbocycles. The number of tetrazole rings is 1. The van der Waals surface area contributed by atoms with Gasteiger partial charge >= 0.3 is 0 Å². The fourth-order valence-corrected chi connectivity index (χ4v) is 2.20. The van der Waals surface area contributed by atoms with Gasteiger partial charge in [-0.2, -0.15) is 4.68 Å². The molecule has 1 aromatic carbocycles. The Labute approximate surface area is 121 Å². The number of hydrogen-bond acceptors (Lipinski definition) is 5. The van der Waals surface area contributed by atoms with Crippen LogP contribution in [0.2, 0.25) is 0 Å². The number of benzene rings is 1. The van der Waals surface area contributed by atoms with Crippen LogP contribution in [-0.4, -0.2) is 38.4 Å². The standard InChI is InChI=1S/C13H15N5OS/c1-3-8-14-12(19)9-20-13-15-16-17-18(13)11-6-4-10(2)5-7-11/h3-7H,1,8-9H2,2H3,(H,14,19). The van der Waals surface area contributed by atoms with Crippen LogP contribution in [0.3, 0.4) is 0 Å². The number of amides is 1. The zero-order valence-corrected chi connectivity index (χ0v) is 11.9. The van der Waals surface area contributed by atoms with Crippen LogP contribution in [0.4, 0.5) is 0 Å². The zero-order chi connectivity index (χ0) is 14.4. The van der Waals surface area contributed by atoms with Crippen molar-refractivity contribution in [2.75, 3.05) is 12.3 Å². The van der Waals surface area contributed by atoms with Gasteiger partial charge in [0.25, 0.3) is 0 Å². The summed E-state index contributed by atoms with van der Waals surface area (Å²) in [5, 5.41) is 14.8. The quantitative estimate of drug-likeness (QED) is 0.642. The molecule has 0 radical (unpaired) electrons. The monoisotopic (exact) mass is 289 g/mol. The Balaban J connectivity index is 2.03. The van der Waals surface area contributed by atoms with Crippen LogP contribution in [0.5, 0.6) is 0 Å². The molecule has 0 atom stereocenters. The molecule has 104 valence electrons. The summed E-state index contributed by atoms with van der Waals surface area (Å²) in [6.45, 7) is 6.02. The smallest absolute Gasteiger partial charge is 0.230 e. The highest BCUT2D eigenvalue weighted by Crippen LogP contribution is 2.18. The number of carbonyl (C=O) groups is 1. The van der Waals surface area contributed by atoms with Gasteiger partial charge in [-0.1, -0.05) is 35.5 Å². The second kappa shape index (κ2) is 6.85. The van der Waals surface area contributed by atoms with Crippen LogP contribution >= 0.6 is 11.8 Å². The maximum atomic E-state index is 11.5. The van der Waals surface area contributed by atoms with Crippen LogP contribution in [0.1, 0.15) is 5.56 Å². The van der Waals surface area contributed by atoms with E-state index >= 15 is 0 Å². The molecule has 6 nitrogen and oxygen atoms in total. The lowest BCUT2D eigenvalue weighted by atomic mass is 10.2. The molecule has 0 aliphatic rings. The van der Waals surface area contributed by atoms with Crippen molar-refractivity contribution in [1.29, 1.82) is 0 Å². The number of nitrogens with zero attached hydrogens (tertiary/aromatic N) is 4. The third-order valence-corrected chi connectivity index (χ3v) is 3.41.